The molecule has 1 aromatic heterocycles. The normalized spacial score (nSPS) is 12.8. The summed E-state index contributed by atoms with van der Waals surface area (Å²) in [6, 6.07) is 1.62. The van der Waals surface area contributed by atoms with E-state index in [4.69, 9.17) is 21.1 Å². The average Bonchev–Trinajstić information content (AvgIpc) is 2.25. The molecule has 0 saturated carbocycles. The zero-order valence-electron chi connectivity index (χ0n) is 10.7. The fourth-order valence-corrected chi connectivity index (χ4v) is 1.44. The molecule has 0 N–H and O–H groups in total. The highest BCUT2D eigenvalue weighted by Crippen LogP contribution is 2.19. The molecule has 1 heterocycles. The van der Waals surface area contributed by atoms with Gasteiger partial charge in [-0.1, -0.05) is 25.4 Å². The average molecular weight is 259 g/mol. The Hall–Kier alpha value is -0.870. The van der Waals surface area contributed by atoms with Gasteiger partial charge in [-0.25, -0.2) is 4.98 Å². The molecular formula is C12H19ClN2O2. The summed E-state index contributed by atoms with van der Waals surface area (Å²) in [6.07, 6.45) is -0.0547. The molecule has 1 atom stereocenters. The Kier molecular flexibility index (Phi) is 5.65. The molecule has 0 amide bonds. The third-order valence-electron chi connectivity index (χ3n) is 2.08. The molecule has 0 radical (unpaired) electrons. The highest BCUT2D eigenvalue weighted by molar-refractivity contribution is 6.29. The zero-order chi connectivity index (χ0) is 12.8. The minimum absolute atomic E-state index is 0.0547. The molecule has 4 nitrogen and oxygen atoms in total. The number of rotatable bonds is 6. The first kappa shape index (κ1) is 14.2. The van der Waals surface area contributed by atoms with Gasteiger partial charge in [0.25, 0.3) is 0 Å². The lowest BCUT2D eigenvalue weighted by Gasteiger charge is -2.14. The van der Waals surface area contributed by atoms with Crippen LogP contribution in [0.5, 0.6) is 5.88 Å². The Morgan fingerprint density at radius 1 is 1.29 bits per heavy atom. The van der Waals surface area contributed by atoms with Gasteiger partial charge < -0.3 is 9.47 Å². The summed E-state index contributed by atoms with van der Waals surface area (Å²) < 4.78 is 10.9. The van der Waals surface area contributed by atoms with Crippen LogP contribution in [0.25, 0.3) is 0 Å². The molecule has 0 aliphatic heterocycles. The van der Waals surface area contributed by atoms with Crippen molar-refractivity contribution in [3.8, 4) is 5.88 Å². The minimum Gasteiger partial charge on any atom is -0.472 e. The summed E-state index contributed by atoms with van der Waals surface area (Å²) in [7, 11) is 0. The molecule has 0 aliphatic rings. The maximum atomic E-state index is 5.92. The Balaban J connectivity index is 2.70. The topological polar surface area (TPSA) is 44.2 Å². The van der Waals surface area contributed by atoms with Gasteiger partial charge in [0.1, 0.15) is 17.1 Å². The van der Waals surface area contributed by atoms with Crippen molar-refractivity contribution < 1.29 is 9.47 Å². The van der Waals surface area contributed by atoms with Crippen molar-refractivity contribution in [1.29, 1.82) is 0 Å². The van der Waals surface area contributed by atoms with Crippen molar-refractivity contribution in [1.82, 2.24) is 9.97 Å². The fraction of sp³-hybridized carbons (Fsp3) is 0.667. The van der Waals surface area contributed by atoms with E-state index in [0.29, 0.717) is 30.1 Å². The third kappa shape index (κ3) is 4.88. The van der Waals surface area contributed by atoms with Crippen LogP contribution in [0.4, 0.5) is 0 Å². The van der Waals surface area contributed by atoms with Gasteiger partial charge in [0, 0.05) is 18.6 Å². The lowest BCUT2D eigenvalue weighted by molar-refractivity contribution is 0.0631. The van der Waals surface area contributed by atoms with E-state index in [9.17, 15) is 0 Å². The second-order valence-corrected chi connectivity index (χ2v) is 4.52. The van der Waals surface area contributed by atoms with E-state index in [1.165, 1.54) is 0 Å². The molecular weight excluding hydrogens is 240 g/mol. The number of hydrogen-bond acceptors (Lipinski definition) is 4. The molecule has 0 spiro atoms. The number of nitrogens with zero attached hydrogens (tertiary/aromatic N) is 2. The summed E-state index contributed by atoms with van der Waals surface area (Å²) in [6.45, 7) is 9.12. The van der Waals surface area contributed by atoms with Gasteiger partial charge in [-0.3, -0.25) is 0 Å². The van der Waals surface area contributed by atoms with Gasteiger partial charge >= 0.3 is 0 Å². The summed E-state index contributed by atoms with van der Waals surface area (Å²) in [4.78, 5) is 8.45. The van der Waals surface area contributed by atoms with Gasteiger partial charge in [-0.05, 0) is 13.8 Å². The van der Waals surface area contributed by atoms with E-state index in [2.05, 4.69) is 9.97 Å². The lowest BCUT2D eigenvalue weighted by atomic mass is 10.2. The van der Waals surface area contributed by atoms with Crippen LogP contribution in [0.2, 0.25) is 5.15 Å². The van der Waals surface area contributed by atoms with Crippen molar-refractivity contribution in [2.45, 2.75) is 39.7 Å². The molecule has 0 fully saturated rings. The smallest absolute Gasteiger partial charge is 0.218 e. The van der Waals surface area contributed by atoms with Gasteiger partial charge in [0.05, 0.1) is 6.61 Å². The zero-order valence-corrected chi connectivity index (χ0v) is 11.5. The maximum absolute atomic E-state index is 5.92. The van der Waals surface area contributed by atoms with Gasteiger partial charge in [-0.2, -0.15) is 4.98 Å². The maximum Gasteiger partial charge on any atom is 0.218 e. The van der Waals surface area contributed by atoms with Gasteiger partial charge in [0.15, 0.2) is 0 Å². The van der Waals surface area contributed by atoms with Crippen molar-refractivity contribution in [2.75, 3.05) is 13.2 Å². The quantitative estimate of drug-likeness (QED) is 0.736. The van der Waals surface area contributed by atoms with Crippen LogP contribution in [-0.4, -0.2) is 29.3 Å². The minimum atomic E-state index is -0.0547. The Labute approximate surface area is 107 Å². The number of ether oxygens (including phenoxy) is 2. The molecule has 96 valence electrons. The van der Waals surface area contributed by atoms with Crippen LogP contribution in [-0.2, 0) is 4.74 Å². The fourth-order valence-electron chi connectivity index (χ4n) is 1.26. The van der Waals surface area contributed by atoms with Crippen LogP contribution >= 0.6 is 11.6 Å². The van der Waals surface area contributed by atoms with E-state index >= 15 is 0 Å². The van der Waals surface area contributed by atoms with Crippen molar-refractivity contribution in [3.63, 3.8) is 0 Å². The third-order valence-corrected chi connectivity index (χ3v) is 2.28. The molecule has 1 aromatic rings. The highest BCUT2D eigenvalue weighted by atomic mass is 35.5. The first-order valence-corrected chi connectivity index (χ1v) is 6.19. The first-order chi connectivity index (χ1) is 8.02. The van der Waals surface area contributed by atoms with Crippen LogP contribution < -0.4 is 4.74 Å². The molecule has 0 aliphatic carbocycles. The van der Waals surface area contributed by atoms with Gasteiger partial charge in [-0.15, -0.1) is 0 Å². The van der Waals surface area contributed by atoms with E-state index in [0.717, 1.165) is 0 Å². The van der Waals surface area contributed by atoms with E-state index < -0.39 is 0 Å². The van der Waals surface area contributed by atoms with Crippen molar-refractivity contribution in [2.24, 2.45) is 0 Å². The van der Waals surface area contributed by atoms with E-state index in [1.54, 1.807) is 6.07 Å². The van der Waals surface area contributed by atoms with Crippen molar-refractivity contribution in [3.05, 3.63) is 17.0 Å². The van der Waals surface area contributed by atoms with E-state index in [1.807, 2.05) is 27.7 Å². The Morgan fingerprint density at radius 2 is 2.00 bits per heavy atom. The standard InChI is InChI=1S/C12H19ClN2O2/c1-5-16-7-9(4)17-11-6-10(13)14-12(15-11)8(2)3/h6,8-9H,5,7H2,1-4H3. The second kappa shape index (κ2) is 6.77. The summed E-state index contributed by atoms with van der Waals surface area (Å²) in [5.41, 5.74) is 0. The first-order valence-electron chi connectivity index (χ1n) is 5.81. The molecule has 1 unspecified atom stereocenters. The summed E-state index contributed by atoms with van der Waals surface area (Å²) in [5, 5.41) is 0.405. The Morgan fingerprint density at radius 3 is 2.59 bits per heavy atom. The summed E-state index contributed by atoms with van der Waals surface area (Å²) >= 11 is 5.92. The molecule has 0 saturated heterocycles. The van der Waals surface area contributed by atoms with Gasteiger partial charge in [0.2, 0.25) is 5.88 Å². The molecule has 0 aromatic carbocycles. The van der Waals surface area contributed by atoms with E-state index in [-0.39, 0.29) is 12.0 Å². The molecule has 5 heteroatoms. The lowest BCUT2D eigenvalue weighted by Crippen LogP contribution is -2.20. The number of aromatic nitrogens is 2. The molecule has 0 bridgehead atoms. The predicted molar refractivity (Wildman–Crippen MR) is 67.7 cm³/mol. The number of halogens is 1. The monoisotopic (exact) mass is 258 g/mol. The largest absolute Gasteiger partial charge is 0.472 e. The number of hydrogen-bond donors (Lipinski definition) is 0. The molecule has 1 rings (SSSR count). The SMILES string of the molecule is CCOCC(C)Oc1cc(Cl)nc(C(C)C)n1. The predicted octanol–water partition coefficient (Wildman–Crippen LogP) is 3.06. The summed E-state index contributed by atoms with van der Waals surface area (Å²) in [5.74, 6) is 1.41. The molecule has 17 heavy (non-hydrogen) atoms. The highest BCUT2D eigenvalue weighted by Gasteiger charge is 2.10. The van der Waals surface area contributed by atoms with Crippen molar-refractivity contribution >= 4 is 11.6 Å². The Bertz CT molecular complexity index is 358. The van der Waals surface area contributed by atoms with Crippen LogP contribution in [0.15, 0.2) is 6.07 Å². The van der Waals surface area contributed by atoms with Crippen LogP contribution in [0, 0.1) is 0 Å². The second-order valence-electron chi connectivity index (χ2n) is 4.13. The van der Waals surface area contributed by atoms with Crippen LogP contribution in [0.3, 0.4) is 0 Å². The van der Waals surface area contributed by atoms with Crippen LogP contribution in [0.1, 0.15) is 39.4 Å².